The zero-order chi connectivity index (χ0) is 16.9. The number of benzene rings is 2. The second kappa shape index (κ2) is 7.59. The minimum Gasteiger partial charge on any atom is -0.494 e. The van der Waals surface area contributed by atoms with Gasteiger partial charge in [0.25, 0.3) is 5.91 Å². The van der Waals surface area contributed by atoms with Crippen molar-refractivity contribution in [3.63, 3.8) is 0 Å². The summed E-state index contributed by atoms with van der Waals surface area (Å²) in [6.07, 6.45) is 0. The summed E-state index contributed by atoms with van der Waals surface area (Å²) in [6, 6.07) is 14.9. The van der Waals surface area contributed by atoms with Crippen molar-refractivity contribution in [2.24, 2.45) is 0 Å². The van der Waals surface area contributed by atoms with Gasteiger partial charge in [-0.2, -0.15) is 0 Å². The molecule has 0 spiro atoms. The topological polar surface area (TPSA) is 51.2 Å². The Labute approximate surface area is 152 Å². The highest BCUT2D eigenvalue weighted by atomic mass is 79.9. The second-order valence-corrected chi connectivity index (χ2v) is 6.73. The smallest absolute Gasteiger partial charge is 0.257 e. The summed E-state index contributed by atoms with van der Waals surface area (Å²) in [7, 11) is 0. The lowest BCUT2D eigenvalue weighted by Gasteiger charge is -2.03. The number of carbonyl (C=O) groups is 1. The molecule has 1 heterocycles. The van der Waals surface area contributed by atoms with E-state index >= 15 is 0 Å². The highest BCUT2D eigenvalue weighted by Gasteiger charge is 2.10. The van der Waals surface area contributed by atoms with Crippen LogP contribution in [0.25, 0.3) is 11.3 Å². The zero-order valence-electron chi connectivity index (χ0n) is 13.0. The number of nitrogens with zero attached hydrogens (tertiary/aromatic N) is 1. The molecule has 3 aromatic rings. The molecule has 2 aromatic carbocycles. The summed E-state index contributed by atoms with van der Waals surface area (Å²) in [6.45, 7) is 2.59. The van der Waals surface area contributed by atoms with Gasteiger partial charge in [-0.25, -0.2) is 4.98 Å². The van der Waals surface area contributed by atoms with Gasteiger partial charge in [-0.1, -0.05) is 15.9 Å². The molecule has 0 radical (unpaired) electrons. The quantitative estimate of drug-likeness (QED) is 0.635. The van der Waals surface area contributed by atoms with E-state index in [0.29, 0.717) is 17.3 Å². The molecule has 24 heavy (non-hydrogen) atoms. The maximum absolute atomic E-state index is 12.2. The highest BCUT2D eigenvalue weighted by Crippen LogP contribution is 2.27. The molecule has 0 atom stereocenters. The number of thiazole rings is 1. The van der Waals surface area contributed by atoms with Crippen LogP contribution in [-0.4, -0.2) is 17.5 Å². The van der Waals surface area contributed by atoms with Crippen molar-refractivity contribution in [1.29, 1.82) is 0 Å². The van der Waals surface area contributed by atoms with Gasteiger partial charge in [-0.15, -0.1) is 11.3 Å². The van der Waals surface area contributed by atoms with E-state index in [9.17, 15) is 4.79 Å². The predicted octanol–water partition coefficient (Wildman–Crippen LogP) is 5.22. The normalized spacial score (nSPS) is 10.4. The first-order valence-electron chi connectivity index (χ1n) is 7.41. The van der Waals surface area contributed by atoms with Crippen LogP contribution in [0.3, 0.4) is 0 Å². The van der Waals surface area contributed by atoms with Crippen molar-refractivity contribution in [3.8, 4) is 17.0 Å². The van der Waals surface area contributed by atoms with Crippen molar-refractivity contribution in [3.05, 3.63) is 63.9 Å². The van der Waals surface area contributed by atoms with Gasteiger partial charge < -0.3 is 4.74 Å². The Morgan fingerprint density at radius 3 is 2.54 bits per heavy atom. The number of hydrogen-bond acceptors (Lipinski definition) is 4. The summed E-state index contributed by atoms with van der Waals surface area (Å²) in [5, 5.41) is 5.33. The Kier molecular flexibility index (Phi) is 5.27. The number of ether oxygens (including phenoxy) is 1. The van der Waals surface area contributed by atoms with Crippen LogP contribution in [0.5, 0.6) is 5.75 Å². The first-order chi connectivity index (χ1) is 11.7. The van der Waals surface area contributed by atoms with E-state index in [1.165, 1.54) is 11.3 Å². The lowest BCUT2D eigenvalue weighted by Crippen LogP contribution is -2.11. The van der Waals surface area contributed by atoms with Gasteiger partial charge in [0.1, 0.15) is 5.75 Å². The van der Waals surface area contributed by atoms with Crippen LogP contribution in [-0.2, 0) is 0 Å². The van der Waals surface area contributed by atoms with Crippen molar-refractivity contribution in [2.75, 3.05) is 11.9 Å². The molecule has 1 amide bonds. The van der Waals surface area contributed by atoms with Gasteiger partial charge in [0.05, 0.1) is 12.3 Å². The number of anilines is 1. The van der Waals surface area contributed by atoms with Gasteiger partial charge in [0, 0.05) is 21.0 Å². The minimum absolute atomic E-state index is 0.171. The molecule has 122 valence electrons. The highest BCUT2D eigenvalue weighted by molar-refractivity contribution is 9.10. The van der Waals surface area contributed by atoms with Crippen LogP contribution >= 0.6 is 27.3 Å². The molecule has 0 aliphatic rings. The Balaban J connectivity index is 1.71. The minimum atomic E-state index is -0.171. The van der Waals surface area contributed by atoms with Gasteiger partial charge >= 0.3 is 0 Å². The number of aromatic nitrogens is 1. The average molecular weight is 403 g/mol. The molecule has 0 aliphatic heterocycles. The molecule has 0 saturated heterocycles. The first kappa shape index (κ1) is 16.7. The molecular formula is C18H15BrN2O2S. The molecule has 0 bridgehead atoms. The summed E-state index contributed by atoms with van der Waals surface area (Å²) >= 11 is 4.76. The zero-order valence-corrected chi connectivity index (χ0v) is 15.4. The van der Waals surface area contributed by atoms with Crippen molar-refractivity contribution in [2.45, 2.75) is 6.92 Å². The lowest BCUT2D eigenvalue weighted by molar-refractivity contribution is 0.102. The van der Waals surface area contributed by atoms with Crippen LogP contribution < -0.4 is 10.1 Å². The SMILES string of the molecule is CCOc1ccc(-c2csc(NC(=O)c3ccc(Br)cc3)n2)cc1. The van der Waals surface area contributed by atoms with E-state index in [1.807, 2.05) is 48.7 Å². The van der Waals surface area contributed by atoms with E-state index in [0.717, 1.165) is 21.5 Å². The summed E-state index contributed by atoms with van der Waals surface area (Å²) in [5.41, 5.74) is 2.41. The van der Waals surface area contributed by atoms with E-state index < -0.39 is 0 Å². The summed E-state index contributed by atoms with van der Waals surface area (Å²) < 4.78 is 6.37. The Hall–Kier alpha value is -2.18. The maximum atomic E-state index is 12.2. The lowest BCUT2D eigenvalue weighted by atomic mass is 10.2. The van der Waals surface area contributed by atoms with Crippen LogP contribution in [0.1, 0.15) is 17.3 Å². The standard InChI is InChI=1S/C18H15BrN2O2S/c1-2-23-15-9-5-12(6-10-15)16-11-24-18(20-16)21-17(22)13-3-7-14(19)8-4-13/h3-11H,2H2,1H3,(H,20,21,22). The van der Waals surface area contributed by atoms with E-state index in [1.54, 1.807) is 12.1 Å². The van der Waals surface area contributed by atoms with E-state index in [-0.39, 0.29) is 5.91 Å². The van der Waals surface area contributed by atoms with Gasteiger partial charge in [0.15, 0.2) is 5.13 Å². The number of amides is 1. The van der Waals surface area contributed by atoms with Gasteiger partial charge in [-0.05, 0) is 55.5 Å². The Morgan fingerprint density at radius 1 is 1.17 bits per heavy atom. The van der Waals surface area contributed by atoms with Crippen molar-refractivity contribution >= 4 is 38.3 Å². The average Bonchev–Trinajstić information content (AvgIpc) is 3.05. The monoisotopic (exact) mass is 402 g/mol. The van der Waals surface area contributed by atoms with Crippen LogP contribution in [0.4, 0.5) is 5.13 Å². The third kappa shape index (κ3) is 4.01. The molecule has 4 nitrogen and oxygen atoms in total. The fourth-order valence-electron chi connectivity index (χ4n) is 2.12. The number of nitrogens with one attached hydrogen (secondary N) is 1. The number of halogens is 1. The van der Waals surface area contributed by atoms with Crippen molar-refractivity contribution < 1.29 is 9.53 Å². The fourth-order valence-corrected chi connectivity index (χ4v) is 3.10. The number of rotatable bonds is 5. The predicted molar refractivity (Wildman–Crippen MR) is 101 cm³/mol. The molecule has 6 heteroatoms. The Bertz CT molecular complexity index is 829. The third-order valence-corrected chi connectivity index (χ3v) is 4.58. The molecular weight excluding hydrogens is 388 g/mol. The van der Waals surface area contributed by atoms with Crippen molar-refractivity contribution in [1.82, 2.24) is 4.98 Å². The molecule has 3 rings (SSSR count). The molecule has 0 saturated carbocycles. The van der Waals surface area contributed by atoms with Gasteiger partial charge in [0.2, 0.25) is 0 Å². The first-order valence-corrected chi connectivity index (χ1v) is 9.08. The third-order valence-electron chi connectivity index (χ3n) is 3.29. The molecule has 0 aliphatic carbocycles. The number of carbonyl (C=O) groups excluding carboxylic acids is 1. The van der Waals surface area contributed by atoms with Crippen LogP contribution in [0, 0.1) is 0 Å². The molecule has 1 N–H and O–H groups in total. The van der Waals surface area contributed by atoms with Crippen LogP contribution in [0.2, 0.25) is 0 Å². The summed E-state index contributed by atoms with van der Waals surface area (Å²) in [5.74, 6) is 0.662. The molecule has 0 unspecified atom stereocenters. The number of hydrogen-bond donors (Lipinski definition) is 1. The van der Waals surface area contributed by atoms with Crippen LogP contribution in [0.15, 0.2) is 58.4 Å². The second-order valence-electron chi connectivity index (χ2n) is 4.96. The maximum Gasteiger partial charge on any atom is 0.257 e. The molecule has 0 fully saturated rings. The molecule has 1 aromatic heterocycles. The fraction of sp³-hybridized carbons (Fsp3) is 0.111. The van der Waals surface area contributed by atoms with Gasteiger partial charge in [-0.3, -0.25) is 10.1 Å². The largest absolute Gasteiger partial charge is 0.494 e. The Morgan fingerprint density at radius 2 is 1.88 bits per heavy atom. The van der Waals surface area contributed by atoms with E-state index in [4.69, 9.17) is 4.74 Å². The summed E-state index contributed by atoms with van der Waals surface area (Å²) in [4.78, 5) is 16.7. The van der Waals surface area contributed by atoms with E-state index in [2.05, 4.69) is 26.2 Å².